The fraction of sp³-hybridized carbons (Fsp3) is 0.857. The summed E-state index contributed by atoms with van der Waals surface area (Å²) in [5.74, 6) is 3.48. The molecular formula is C28H46O2S. The average molecular weight is 447 g/mol. The smallest absolute Gasteiger partial charge is 0.0870 e. The Labute approximate surface area is 196 Å². The van der Waals surface area contributed by atoms with Gasteiger partial charge in [0.15, 0.2) is 0 Å². The van der Waals surface area contributed by atoms with Crippen molar-refractivity contribution in [2.45, 2.75) is 116 Å². The molecule has 9 atom stereocenters. The van der Waals surface area contributed by atoms with Crippen LogP contribution in [-0.2, 0) is 4.74 Å². The van der Waals surface area contributed by atoms with E-state index >= 15 is 0 Å². The van der Waals surface area contributed by atoms with Crippen LogP contribution in [0.5, 0.6) is 0 Å². The van der Waals surface area contributed by atoms with Gasteiger partial charge in [-0.1, -0.05) is 64.8 Å². The monoisotopic (exact) mass is 446 g/mol. The van der Waals surface area contributed by atoms with E-state index in [1.54, 1.807) is 5.57 Å². The molecule has 4 aliphatic carbocycles. The standard InChI is InChI=1S/C26H40O2S.C2H6/c1-15(2)13-23-24(28-23)16(3)20-7-8-21-19-6-5-17-14-18(27)9-12-26(17,29)22(19)10-11-25(20,21)4;1-2/h5-6,15-16,18,20-24,27,29H,7-14H2,1-4H3;1-2H3/t16-,18?,20?,21?,22?,23?,24-,25?,26?;/m0./s1. The molecule has 4 fully saturated rings. The summed E-state index contributed by atoms with van der Waals surface area (Å²) in [5.41, 5.74) is 3.50. The Morgan fingerprint density at radius 2 is 1.81 bits per heavy atom. The number of aliphatic hydroxyl groups excluding tert-OH is 1. The third-order valence-electron chi connectivity index (χ3n) is 9.59. The van der Waals surface area contributed by atoms with Gasteiger partial charge in [0.25, 0.3) is 0 Å². The molecule has 176 valence electrons. The Balaban J connectivity index is 0.00000112. The molecule has 1 N–H and O–H groups in total. The first-order valence-corrected chi connectivity index (χ1v) is 13.7. The van der Waals surface area contributed by atoms with Crippen molar-refractivity contribution in [1.29, 1.82) is 0 Å². The lowest BCUT2D eigenvalue weighted by Crippen LogP contribution is -2.49. The quantitative estimate of drug-likeness (QED) is 0.360. The highest BCUT2D eigenvalue weighted by Gasteiger charge is 2.59. The van der Waals surface area contributed by atoms with Crippen LogP contribution in [0.15, 0.2) is 23.3 Å². The zero-order valence-electron chi connectivity index (χ0n) is 20.7. The molecule has 3 heteroatoms. The van der Waals surface area contributed by atoms with Gasteiger partial charge in [0.2, 0.25) is 0 Å². The first-order chi connectivity index (χ1) is 14.7. The van der Waals surface area contributed by atoms with Gasteiger partial charge in [0.1, 0.15) is 0 Å². The first kappa shape index (κ1) is 23.9. The first-order valence-electron chi connectivity index (χ1n) is 13.2. The number of aliphatic hydroxyl groups is 1. The van der Waals surface area contributed by atoms with E-state index in [0.717, 1.165) is 31.1 Å². The number of hydrogen-bond donors (Lipinski definition) is 2. The number of rotatable bonds is 4. The number of hydrogen-bond acceptors (Lipinski definition) is 3. The van der Waals surface area contributed by atoms with Crippen molar-refractivity contribution in [2.24, 2.45) is 35.0 Å². The highest BCUT2D eigenvalue weighted by Crippen LogP contribution is 2.66. The molecule has 0 bridgehead atoms. The van der Waals surface area contributed by atoms with E-state index < -0.39 is 0 Å². The van der Waals surface area contributed by atoms with Crippen LogP contribution in [0.2, 0.25) is 0 Å². The Morgan fingerprint density at radius 3 is 2.52 bits per heavy atom. The van der Waals surface area contributed by atoms with E-state index in [1.807, 2.05) is 13.8 Å². The maximum Gasteiger partial charge on any atom is 0.0870 e. The molecule has 0 aromatic rings. The minimum Gasteiger partial charge on any atom is -0.393 e. The van der Waals surface area contributed by atoms with Gasteiger partial charge < -0.3 is 9.84 Å². The molecule has 5 aliphatic rings. The molecule has 3 saturated carbocycles. The van der Waals surface area contributed by atoms with Gasteiger partial charge in [-0.25, -0.2) is 0 Å². The fourth-order valence-electron chi connectivity index (χ4n) is 8.04. The van der Waals surface area contributed by atoms with Crippen LogP contribution in [0.1, 0.15) is 92.9 Å². The van der Waals surface area contributed by atoms with Crippen LogP contribution >= 0.6 is 12.6 Å². The topological polar surface area (TPSA) is 32.8 Å². The third-order valence-corrected chi connectivity index (χ3v) is 10.4. The van der Waals surface area contributed by atoms with Crippen LogP contribution in [0, 0.1) is 35.0 Å². The molecule has 1 aliphatic heterocycles. The number of allylic oxidation sites excluding steroid dienone is 3. The fourth-order valence-corrected chi connectivity index (χ4v) is 8.61. The predicted molar refractivity (Wildman–Crippen MR) is 133 cm³/mol. The minimum atomic E-state index is -0.167. The second-order valence-corrected chi connectivity index (χ2v) is 12.4. The van der Waals surface area contributed by atoms with Crippen LogP contribution in [0.4, 0.5) is 0 Å². The zero-order valence-corrected chi connectivity index (χ0v) is 21.6. The molecule has 0 spiro atoms. The van der Waals surface area contributed by atoms with E-state index in [4.69, 9.17) is 17.4 Å². The van der Waals surface area contributed by atoms with Crippen LogP contribution in [0.3, 0.4) is 0 Å². The summed E-state index contributed by atoms with van der Waals surface area (Å²) in [5, 5.41) is 10.2. The van der Waals surface area contributed by atoms with Gasteiger partial charge >= 0.3 is 0 Å². The van der Waals surface area contributed by atoms with Crippen molar-refractivity contribution in [3.63, 3.8) is 0 Å². The minimum absolute atomic E-state index is 0.00366. The molecule has 0 amide bonds. The second kappa shape index (κ2) is 8.84. The molecule has 0 aromatic carbocycles. The summed E-state index contributed by atoms with van der Waals surface area (Å²) in [6.07, 6.45) is 14.9. The van der Waals surface area contributed by atoms with Gasteiger partial charge in [-0.15, -0.1) is 0 Å². The Morgan fingerprint density at radius 1 is 1.06 bits per heavy atom. The van der Waals surface area contributed by atoms with Crippen molar-refractivity contribution < 1.29 is 9.84 Å². The normalized spacial score (nSPS) is 46.6. The predicted octanol–water partition coefficient (Wildman–Crippen LogP) is 6.98. The lowest BCUT2D eigenvalue weighted by Gasteiger charge is -2.54. The molecule has 1 saturated heterocycles. The molecular weight excluding hydrogens is 400 g/mol. The van der Waals surface area contributed by atoms with Crippen molar-refractivity contribution in [2.75, 3.05) is 0 Å². The SMILES string of the molecule is CC.CC(C)CC1O[C@H]1[C@@H](C)C1CCC2C3=CC=C4CC(O)CCC4(S)C3CCC21C. The van der Waals surface area contributed by atoms with Crippen LogP contribution in [-0.4, -0.2) is 28.2 Å². The van der Waals surface area contributed by atoms with Crippen LogP contribution in [0.25, 0.3) is 0 Å². The zero-order chi connectivity index (χ0) is 22.6. The van der Waals surface area contributed by atoms with E-state index in [-0.39, 0.29) is 10.9 Å². The van der Waals surface area contributed by atoms with Crippen molar-refractivity contribution in [3.05, 3.63) is 23.3 Å². The van der Waals surface area contributed by atoms with Gasteiger partial charge in [-0.05, 0) is 86.4 Å². The van der Waals surface area contributed by atoms with Gasteiger partial charge in [0.05, 0.1) is 18.3 Å². The molecule has 5 rings (SSSR count). The van der Waals surface area contributed by atoms with Gasteiger partial charge in [0, 0.05) is 4.75 Å². The second-order valence-electron chi connectivity index (χ2n) is 11.6. The van der Waals surface area contributed by atoms with Crippen molar-refractivity contribution in [3.8, 4) is 0 Å². The highest BCUT2D eigenvalue weighted by atomic mass is 32.1. The summed E-state index contributed by atoms with van der Waals surface area (Å²) in [7, 11) is 0. The Bertz CT molecular complexity index is 727. The molecule has 31 heavy (non-hydrogen) atoms. The largest absolute Gasteiger partial charge is 0.393 e. The summed E-state index contributed by atoms with van der Waals surface area (Å²) < 4.78 is 6.17. The van der Waals surface area contributed by atoms with E-state index in [0.29, 0.717) is 35.4 Å². The maximum atomic E-state index is 10.2. The summed E-state index contributed by atoms with van der Waals surface area (Å²) in [4.78, 5) is 0. The van der Waals surface area contributed by atoms with Crippen LogP contribution < -0.4 is 0 Å². The van der Waals surface area contributed by atoms with E-state index in [1.165, 1.54) is 37.7 Å². The summed E-state index contributed by atoms with van der Waals surface area (Å²) in [6.45, 7) is 13.7. The Hall–Kier alpha value is -0.250. The average Bonchev–Trinajstić information content (AvgIpc) is 3.40. The number of fused-ring (bicyclic) bond motifs is 5. The van der Waals surface area contributed by atoms with Gasteiger partial charge in [-0.3, -0.25) is 0 Å². The van der Waals surface area contributed by atoms with Crippen molar-refractivity contribution in [1.82, 2.24) is 0 Å². The molecule has 0 aromatic heterocycles. The lowest BCUT2D eigenvalue weighted by atomic mass is 9.54. The van der Waals surface area contributed by atoms with E-state index in [9.17, 15) is 5.11 Å². The Kier molecular flexibility index (Phi) is 6.81. The number of epoxide rings is 1. The third kappa shape index (κ3) is 3.99. The van der Waals surface area contributed by atoms with Gasteiger partial charge in [-0.2, -0.15) is 12.6 Å². The number of ether oxygens (including phenoxy) is 1. The molecule has 1 heterocycles. The molecule has 7 unspecified atom stereocenters. The van der Waals surface area contributed by atoms with E-state index in [2.05, 4.69) is 39.8 Å². The van der Waals surface area contributed by atoms with Crippen molar-refractivity contribution >= 4 is 12.6 Å². The lowest BCUT2D eigenvalue weighted by molar-refractivity contribution is 0.0601. The highest BCUT2D eigenvalue weighted by molar-refractivity contribution is 7.82. The number of thiol groups is 1. The molecule has 2 nitrogen and oxygen atoms in total. The molecule has 0 radical (unpaired) electrons. The summed E-state index contributed by atoms with van der Waals surface area (Å²) >= 11 is 5.30. The summed E-state index contributed by atoms with van der Waals surface area (Å²) in [6, 6.07) is 0. The maximum absolute atomic E-state index is 10.2.